The minimum atomic E-state index is 0.402. The summed E-state index contributed by atoms with van der Waals surface area (Å²) in [6.07, 6.45) is 1.41. The summed E-state index contributed by atoms with van der Waals surface area (Å²) >= 11 is 0. The number of nitriles is 1. The van der Waals surface area contributed by atoms with Gasteiger partial charge in [-0.1, -0.05) is 0 Å². The smallest absolute Gasteiger partial charge is 0.240 e. The molecule has 0 unspecified atom stereocenters. The Balaban J connectivity index is 3.22. The number of ether oxygens (including phenoxy) is 1. The second-order valence-electron chi connectivity index (χ2n) is 2.20. The van der Waals surface area contributed by atoms with Crippen molar-refractivity contribution in [2.75, 3.05) is 7.11 Å². The highest BCUT2D eigenvalue weighted by Crippen LogP contribution is 2.23. The maximum atomic E-state index is 9.93. The molecule has 0 fully saturated rings. The van der Waals surface area contributed by atoms with Gasteiger partial charge < -0.3 is 4.74 Å². The lowest BCUT2D eigenvalue weighted by Crippen LogP contribution is -1.86. The van der Waals surface area contributed by atoms with E-state index in [0.717, 1.165) is 0 Å². The fraction of sp³-hybridized carbons (Fsp3) is 0.111. The zero-order valence-electron chi connectivity index (χ0n) is 6.94. The Morgan fingerprint density at radius 1 is 1.54 bits per heavy atom. The molecule has 0 N–H and O–H groups in total. The summed E-state index contributed by atoms with van der Waals surface area (Å²) in [6, 6.07) is 6.54. The van der Waals surface area contributed by atoms with Crippen LogP contribution in [0.5, 0.6) is 5.75 Å². The fourth-order valence-electron chi connectivity index (χ4n) is 0.895. The molecule has 0 amide bonds. The van der Waals surface area contributed by atoms with Crippen molar-refractivity contribution in [2.45, 2.75) is 0 Å². The number of benzene rings is 1. The van der Waals surface area contributed by atoms with Gasteiger partial charge in [0.2, 0.25) is 6.08 Å². The number of carbonyl (C=O) groups excluding carboxylic acids is 1. The van der Waals surface area contributed by atoms with Crippen LogP contribution in [0.25, 0.3) is 0 Å². The van der Waals surface area contributed by atoms with Gasteiger partial charge in [0, 0.05) is 6.07 Å². The van der Waals surface area contributed by atoms with Crippen LogP contribution >= 0.6 is 0 Å². The van der Waals surface area contributed by atoms with Crippen LogP contribution in [-0.2, 0) is 4.79 Å². The average Bonchev–Trinajstić information content (AvgIpc) is 2.18. The zero-order chi connectivity index (χ0) is 9.68. The minimum Gasteiger partial charge on any atom is -0.495 e. The van der Waals surface area contributed by atoms with Crippen LogP contribution in [0.15, 0.2) is 23.2 Å². The van der Waals surface area contributed by atoms with Crippen LogP contribution in [0, 0.1) is 11.3 Å². The van der Waals surface area contributed by atoms with Crippen molar-refractivity contribution >= 4 is 11.8 Å². The van der Waals surface area contributed by atoms with Crippen molar-refractivity contribution in [3.8, 4) is 11.8 Å². The Morgan fingerprint density at radius 2 is 2.31 bits per heavy atom. The summed E-state index contributed by atoms with van der Waals surface area (Å²) in [5.41, 5.74) is 0.832. The first kappa shape index (κ1) is 8.98. The van der Waals surface area contributed by atoms with Crippen molar-refractivity contribution in [2.24, 2.45) is 4.99 Å². The van der Waals surface area contributed by atoms with Crippen LogP contribution in [0.4, 0.5) is 5.69 Å². The standard InChI is InChI=1S/C9H6N2O2/c1-13-9-4-8(11-6-12)3-2-7(9)5-10/h2-4H,1H3. The third-order valence-electron chi connectivity index (χ3n) is 1.48. The number of hydrogen-bond acceptors (Lipinski definition) is 4. The highest BCUT2D eigenvalue weighted by atomic mass is 16.5. The number of hydrogen-bond donors (Lipinski definition) is 0. The molecule has 0 spiro atoms. The fourth-order valence-corrected chi connectivity index (χ4v) is 0.895. The predicted octanol–water partition coefficient (Wildman–Crippen LogP) is 1.53. The molecule has 1 aromatic rings. The summed E-state index contributed by atoms with van der Waals surface area (Å²) in [6.45, 7) is 0. The molecular weight excluding hydrogens is 168 g/mol. The van der Waals surface area contributed by atoms with Gasteiger partial charge in [-0.2, -0.15) is 10.3 Å². The zero-order valence-corrected chi connectivity index (χ0v) is 6.94. The molecule has 0 saturated heterocycles. The first-order valence-electron chi connectivity index (χ1n) is 3.48. The molecule has 1 rings (SSSR count). The van der Waals surface area contributed by atoms with Gasteiger partial charge in [0.25, 0.3) is 0 Å². The van der Waals surface area contributed by atoms with Crippen LogP contribution in [0.3, 0.4) is 0 Å². The number of nitrogens with zero attached hydrogens (tertiary/aromatic N) is 2. The molecular formula is C9H6N2O2. The van der Waals surface area contributed by atoms with Crippen LogP contribution < -0.4 is 4.74 Å². The van der Waals surface area contributed by atoms with Crippen molar-refractivity contribution < 1.29 is 9.53 Å². The van der Waals surface area contributed by atoms with Gasteiger partial charge in [-0.15, -0.1) is 0 Å². The molecule has 0 aromatic heterocycles. The lowest BCUT2D eigenvalue weighted by molar-refractivity contribution is 0.413. The maximum Gasteiger partial charge on any atom is 0.240 e. The molecule has 0 saturated carbocycles. The average molecular weight is 174 g/mol. The van der Waals surface area contributed by atoms with E-state index in [-0.39, 0.29) is 0 Å². The van der Waals surface area contributed by atoms with Crippen LogP contribution in [0.2, 0.25) is 0 Å². The summed E-state index contributed by atoms with van der Waals surface area (Å²) in [5.74, 6) is 0.402. The van der Waals surface area contributed by atoms with Gasteiger partial charge in [0.15, 0.2) is 0 Å². The quantitative estimate of drug-likeness (QED) is 0.504. The van der Waals surface area contributed by atoms with E-state index in [4.69, 9.17) is 10.00 Å². The number of rotatable bonds is 2. The monoisotopic (exact) mass is 174 g/mol. The van der Waals surface area contributed by atoms with Gasteiger partial charge in [-0.25, -0.2) is 4.79 Å². The Bertz CT molecular complexity index is 401. The van der Waals surface area contributed by atoms with Crippen LogP contribution in [-0.4, -0.2) is 13.2 Å². The Kier molecular flexibility index (Phi) is 2.80. The van der Waals surface area contributed by atoms with E-state index in [0.29, 0.717) is 17.0 Å². The van der Waals surface area contributed by atoms with Gasteiger partial charge in [0.05, 0.1) is 18.4 Å². The first-order valence-corrected chi connectivity index (χ1v) is 3.48. The molecule has 0 aliphatic carbocycles. The molecule has 4 heteroatoms. The summed E-state index contributed by atoms with van der Waals surface area (Å²) in [7, 11) is 1.45. The maximum absolute atomic E-state index is 9.93. The molecule has 13 heavy (non-hydrogen) atoms. The molecule has 0 heterocycles. The molecule has 4 nitrogen and oxygen atoms in total. The number of aliphatic imine (C=N–C) groups is 1. The minimum absolute atomic E-state index is 0.402. The van der Waals surface area contributed by atoms with E-state index < -0.39 is 0 Å². The van der Waals surface area contributed by atoms with Crippen molar-refractivity contribution in [1.82, 2.24) is 0 Å². The van der Waals surface area contributed by atoms with E-state index in [2.05, 4.69) is 4.99 Å². The third-order valence-corrected chi connectivity index (χ3v) is 1.48. The molecule has 64 valence electrons. The van der Waals surface area contributed by atoms with E-state index in [1.165, 1.54) is 25.3 Å². The van der Waals surface area contributed by atoms with E-state index in [1.54, 1.807) is 6.07 Å². The summed E-state index contributed by atoms with van der Waals surface area (Å²) < 4.78 is 4.91. The molecule has 0 bridgehead atoms. The lowest BCUT2D eigenvalue weighted by Gasteiger charge is -2.01. The SMILES string of the molecule is COc1cc(N=C=O)ccc1C#N. The normalized spacial score (nSPS) is 8.31. The van der Waals surface area contributed by atoms with Crippen LogP contribution in [0.1, 0.15) is 5.56 Å². The van der Waals surface area contributed by atoms with Gasteiger partial charge in [-0.05, 0) is 12.1 Å². The van der Waals surface area contributed by atoms with Crippen molar-refractivity contribution in [3.63, 3.8) is 0 Å². The second kappa shape index (κ2) is 4.05. The predicted molar refractivity (Wildman–Crippen MR) is 45.5 cm³/mol. The largest absolute Gasteiger partial charge is 0.495 e. The Hall–Kier alpha value is -2.11. The summed E-state index contributed by atoms with van der Waals surface area (Å²) in [5, 5.41) is 8.63. The van der Waals surface area contributed by atoms with E-state index in [1.807, 2.05) is 6.07 Å². The van der Waals surface area contributed by atoms with Crippen molar-refractivity contribution in [3.05, 3.63) is 23.8 Å². The Labute approximate surface area is 75.1 Å². The second-order valence-corrected chi connectivity index (χ2v) is 2.20. The molecule has 0 radical (unpaired) electrons. The number of isocyanates is 1. The lowest BCUT2D eigenvalue weighted by atomic mass is 10.2. The molecule has 1 aromatic carbocycles. The van der Waals surface area contributed by atoms with E-state index >= 15 is 0 Å². The summed E-state index contributed by atoms with van der Waals surface area (Å²) in [4.78, 5) is 13.3. The third kappa shape index (κ3) is 1.92. The highest BCUT2D eigenvalue weighted by molar-refractivity contribution is 5.56. The Morgan fingerprint density at radius 3 is 2.85 bits per heavy atom. The topological polar surface area (TPSA) is 62.4 Å². The van der Waals surface area contributed by atoms with Gasteiger partial charge in [0.1, 0.15) is 11.8 Å². The first-order chi connectivity index (χ1) is 6.31. The molecule has 0 aliphatic heterocycles. The van der Waals surface area contributed by atoms with Gasteiger partial charge in [-0.3, -0.25) is 0 Å². The molecule has 0 aliphatic rings. The molecule has 0 atom stereocenters. The van der Waals surface area contributed by atoms with E-state index in [9.17, 15) is 4.79 Å². The van der Waals surface area contributed by atoms with Crippen molar-refractivity contribution in [1.29, 1.82) is 5.26 Å². The highest BCUT2D eigenvalue weighted by Gasteiger charge is 2.02. The van der Waals surface area contributed by atoms with Gasteiger partial charge >= 0.3 is 0 Å². The number of methoxy groups -OCH3 is 1.